The maximum absolute atomic E-state index is 9.59. The molecule has 5 nitrogen and oxygen atoms in total. The summed E-state index contributed by atoms with van der Waals surface area (Å²) in [5.74, 6) is 0.200. The van der Waals surface area contributed by atoms with Crippen LogP contribution in [-0.2, 0) is 0 Å². The van der Waals surface area contributed by atoms with Crippen LogP contribution in [0.5, 0.6) is 5.75 Å². The molecule has 0 aliphatic heterocycles. The first-order valence-corrected chi connectivity index (χ1v) is 4.49. The molecule has 2 heterocycles. The van der Waals surface area contributed by atoms with E-state index in [1.165, 1.54) is 0 Å². The van der Waals surface area contributed by atoms with Gasteiger partial charge in [0.15, 0.2) is 0 Å². The molecule has 0 saturated carbocycles. The van der Waals surface area contributed by atoms with E-state index in [1.807, 2.05) is 10.8 Å². The Hall–Kier alpha value is -2.30. The summed E-state index contributed by atoms with van der Waals surface area (Å²) in [6.07, 6.45) is 6.79. The Bertz CT molecular complexity index is 597. The van der Waals surface area contributed by atoms with E-state index >= 15 is 0 Å². The Kier molecular flexibility index (Phi) is 1.53. The summed E-state index contributed by atoms with van der Waals surface area (Å²) in [6.45, 7) is 0. The van der Waals surface area contributed by atoms with Gasteiger partial charge >= 0.3 is 0 Å². The van der Waals surface area contributed by atoms with Gasteiger partial charge in [-0.25, -0.2) is 9.97 Å². The van der Waals surface area contributed by atoms with Gasteiger partial charge in [-0.1, -0.05) is 0 Å². The third-order valence-corrected chi connectivity index (χ3v) is 2.32. The predicted molar refractivity (Wildman–Crippen MR) is 54.9 cm³/mol. The van der Waals surface area contributed by atoms with E-state index in [0.29, 0.717) is 5.52 Å². The number of nitrogens with zero attached hydrogens (tertiary/aromatic N) is 3. The number of H-pyrrole nitrogens is 1. The average molecular weight is 200 g/mol. The van der Waals surface area contributed by atoms with Crippen molar-refractivity contribution in [2.75, 3.05) is 0 Å². The first kappa shape index (κ1) is 8.05. The Morgan fingerprint density at radius 3 is 3.07 bits per heavy atom. The van der Waals surface area contributed by atoms with Crippen molar-refractivity contribution in [2.45, 2.75) is 0 Å². The third-order valence-electron chi connectivity index (χ3n) is 2.32. The summed E-state index contributed by atoms with van der Waals surface area (Å²) in [7, 11) is 0. The Balaban J connectivity index is 2.37. The lowest BCUT2D eigenvalue weighted by Gasteiger charge is -2.03. The van der Waals surface area contributed by atoms with Gasteiger partial charge in [0, 0.05) is 12.4 Å². The van der Waals surface area contributed by atoms with Crippen LogP contribution in [0.25, 0.3) is 16.7 Å². The minimum absolute atomic E-state index is 0.200. The molecule has 2 aromatic heterocycles. The number of rotatable bonds is 1. The summed E-state index contributed by atoms with van der Waals surface area (Å²) in [5.41, 5.74) is 2.26. The molecule has 74 valence electrons. The molecule has 3 aromatic rings. The van der Waals surface area contributed by atoms with E-state index in [4.69, 9.17) is 0 Å². The molecule has 0 fully saturated rings. The van der Waals surface area contributed by atoms with Crippen molar-refractivity contribution in [1.82, 2.24) is 19.5 Å². The van der Waals surface area contributed by atoms with Gasteiger partial charge in [-0.2, -0.15) is 0 Å². The second kappa shape index (κ2) is 2.84. The van der Waals surface area contributed by atoms with Crippen molar-refractivity contribution < 1.29 is 5.11 Å². The second-order valence-electron chi connectivity index (χ2n) is 3.20. The van der Waals surface area contributed by atoms with Gasteiger partial charge in [0.25, 0.3) is 0 Å². The summed E-state index contributed by atoms with van der Waals surface area (Å²) in [4.78, 5) is 11.0. The van der Waals surface area contributed by atoms with Crippen LogP contribution in [0.1, 0.15) is 0 Å². The predicted octanol–water partition coefficient (Wildman–Crippen LogP) is 1.45. The van der Waals surface area contributed by atoms with Crippen molar-refractivity contribution in [3.05, 3.63) is 37.2 Å². The molecule has 0 bridgehead atoms. The SMILES string of the molecule is Oc1ccc(-n2ccnc2)c2nc[nH]c12. The standard InChI is InChI=1S/C10H8N4O/c15-8-2-1-7(14-4-3-11-6-14)9-10(8)13-5-12-9/h1-6,15H,(H,12,13). The van der Waals surface area contributed by atoms with Crippen LogP contribution >= 0.6 is 0 Å². The lowest BCUT2D eigenvalue weighted by molar-refractivity contribution is 0.480. The molecule has 0 atom stereocenters. The van der Waals surface area contributed by atoms with E-state index < -0.39 is 0 Å². The largest absolute Gasteiger partial charge is 0.506 e. The van der Waals surface area contributed by atoms with Gasteiger partial charge in [0.2, 0.25) is 0 Å². The van der Waals surface area contributed by atoms with Gasteiger partial charge in [-0.3, -0.25) is 0 Å². The molecule has 0 saturated heterocycles. The van der Waals surface area contributed by atoms with Crippen molar-refractivity contribution in [3.8, 4) is 11.4 Å². The minimum atomic E-state index is 0.200. The average Bonchev–Trinajstić information content (AvgIpc) is 2.88. The Labute approximate surface area is 85.0 Å². The number of aromatic amines is 1. The summed E-state index contributed by atoms with van der Waals surface area (Å²) >= 11 is 0. The summed E-state index contributed by atoms with van der Waals surface area (Å²) < 4.78 is 1.85. The van der Waals surface area contributed by atoms with Gasteiger partial charge < -0.3 is 14.7 Å². The molecule has 1 aromatic carbocycles. The van der Waals surface area contributed by atoms with Crippen LogP contribution in [-0.4, -0.2) is 24.6 Å². The number of aromatic hydroxyl groups is 1. The number of phenols is 1. The van der Waals surface area contributed by atoms with Crippen LogP contribution in [0.3, 0.4) is 0 Å². The number of imidazole rings is 2. The van der Waals surface area contributed by atoms with Gasteiger partial charge in [-0.15, -0.1) is 0 Å². The van der Waals surface area contributed by atoms with E-state index in [1.54, 1.807) is 31.0 Å². The lowest BCUT2D eigenvalue weighted by atomic mass is 10.2. The number of hydrogen-bond acceptors (Lipinski definition) is 3. The van der Waals surface area contributed by atoms with Crippen molar-refractivity contribution in [1.29, 1.82) is 0 Å². The monoisotopic (exact) mass is 200 g/mol. The topological polar surface area (TPSA) is 66.7 Å². The first-order valence-electron chi connectivity index (χ1n) is 4.49. The zero-order valence-electron chi connectivity index (χ0n) is 7.75. The van der Waals surface area contributed by atoms with Crippen molar-refractivity contribution >= 4 is 11.0 Å². The quantitative estimate of drug-likeness (QED) is 0.624. The number of hydrogen-bond donors (Lipinski definition) is 2. The van der Waals surface area contributed by atoms with Crippen LogP contribution in [0.4, 0.5) is 0 Å². The van der Waals surface area contributed by atoms with E-state index in [0.717, 1.165) is 11.2 Å². The lowest BCUT2D eigenvalue weighted by Crippen LogP contribution is -1.91. The zero-order chi connectivity index (χ0) is 10.3. The van der Waals surface area contributed by atoms with E-state index in [9.17, 15) is 5.11 Å². The smallest absolute Gasteiger partial charge is 0.141 e. The zero-order valence-corrected chi connectivity index (χ0v) is 7.75. The molecular weight excluding hydrogens is 192 g/mol. The van der Waals surface area contributed by atoms with E-state index in [-0.39, 0.29) is 5.75 Å². The molecule has 0 unspecified atom stereocenters. The van der Waals surface area contributed by atoms with Crippen LogP contribution in [0.15, 0.2) is 37.2 Å². The third kappa shape index (κ3) is 1.10. The molecule has 0 aliphatic rings. The highest BCUT2D eigenvalue weighted by atomic mass is 16.3. The fourth-order valence-corrected chi connectivity index (χ4v) is 1.61. The van der Waals surface area contributed by atoms with Gasteiger partial charge in [-0.05, 0) is 12.1 Å². The molecule has 0 amide bonds. The molecule has 0 spiro atoms. The number of aromatic nitrogens is 4. The number of phenolic OH excluding ortho intramolecular Hbond substituents is 1. The molecule has 0 aliphatic carbocycles. The molecule has 2 N–H and O–H groups in total. The van der Waals surface area contributed by atoms with Crippen molar-refractivity contribution in [2.24, 2.45) is 0 Å². The molecule has 3 rings (SSSR count). The van der Waals surface area contributed by atoms with Gasteiger partial charge in [0.05, 0.1) is 18.3 Å². The number of nitrogens with one attached hydrogen (secondary N) is 1. The maximum atomic E-state index is 9.59. The Morgan fingerprint density at radius 1 is 1.33 bits per heavy atom. The van der Waals surface area contributed by atoms with Crippen LogP contribution in [0, 0.1) is 0 Å². The molecule has 0 radical (unpaired) electrons. The fourth-order valence-electron chi connectivity index (χ4n) is 1.61. The molecule has 15 heavy (non-hydrogen) atoms. The van der Waals surface area contributed by atoms with Crippen LogP contribution in [0.2, 0.25) is 0 Å². The normalized spacial score (nSPS) is 10.9. The van der Waals surface area contributed by atoms with E-state index in [2.05, 4.69) is 15.0 Å². The fraction of sp³-hybridized carbons (Fsp3) is 0. The minimum Gasteiger partial charge on any atom is -0.506 e. The number of fused-ring (bicyclic) bond motifs is 1. The molecule has 5 heteroatoms. The van der Waals surface area contributed by atoms with Crippen LogP contribution < -0.4 is 0 Å². The van der Waals surface area contributed by atoms with Gasteiger partial charge in [0.1, 0.15) is 16.8 Å². The number of benzene rings is 1. The highest BCUT2D eigenvalue weighted by molar-refractivity contribution is 5.88. The molecular formula is C10H8N4O. The summed E-state index contributed by atoms with van der Waals surface area (Å²) in [6, 6.07) is 3.44. The van der Waals surface area contributed by atoms with Crippen molar-refractivity contribution in [3.63, 3.8) is 0 Å². The maximum Gasteiger partial charge on any atom is 0.141 e. The highest BCUT2D eigenvalue weighted by Gasteiger charge is 2.08. The Morgan fingerprint density at radius 2 is 2.27 bits per heavy atom. The first-order chi connectivity index (χ1) is 7.36. The highest BCUT2D eigenvalue weighted by Crippen LogP contribution is 2.26. The second-order valence-corrected chi connectivity index (χ2v) is 3.20. The summed E-state index contributed by atoms with van der Waals surface area (Å²) in [5, 5.41) is 9.59.